The lowest BCUT2D eigenvalue weighted by molar-refractivity contribution is 0.0675. The summed E-state index contributed by atoms with van der Waals surface area (Å²) in [6, 6.07) is 22.1. The number of benzene rings is 5. The zero-order valence-corrected chi connectivity index (χ0v) is 21.7. The number of fused-ring (bicyclic) bond motifs is 2. The molecule has 4 N–H and O–H groups in total. The van der Waals surface area contributed by atoms with E-state index in [4.69, 9.17) is 9.47 Å². The molecular formula is C32H22O10. The van der Waals surface area contributed by atoms with E-state index in [1.807, 2.05) is 48.5 Å². The molecule has 42 heavy (non-hydrogen) atoms. The molecule has 0 bridgehead atoms. The van der Waals surface area contributed by atoms with Crippen molar-refractivity contribution in [1.82, 2.24) is 0 Å². The van der Waals surface area contributed by atoms with Crippen molar-refractivity contribution in [2.24, 2.45) is 0 Å². The predicted octanol–water partition coefficient (Wildman–Crippen LogP) is 5.94. The van der Waals surface area contributed by atoms with E-state index in [1.165, 1.54) is 24.3 Å². The molecule has 0 heterocycles. The van der Waals surface area contributed by atoms with E-state index in [0.29, 0.717) is 0 Å². The molecule has 5 rings (SSSR count). The minimum absolute atomic E-state index is 0.00702. The van der Waals surface area contributed by atoms with Crippen LogP contribution in [0.15, 0.2) is 84.9 Å². The van der Waals surface area contributed by atoms with Crippen LogP contribution in [0.25, 0.3) is 21.5 Å². The van der Waals surface area contributed by atoms with Crippen LogP contribution >= 0.6 is 0 Å². The van der Waals surface area contributed by atoms with E-state index in [9.17, 15) is 39.6 Å². The van der Waals surface area contributed by atoms with Crippen LogP contribution in [0.3, 0.4) is 0 Å². The van der Waals surface area contributed by atoms with Gasteiger partial charge in [0.15, 0.2) is 0 Å². The molecular weight excluding hydrogens is 544 g/mol. The Balaban J connectivity index is 1.56. The Bertz CT molecular complexity index is 1650. The van der Waals surface area contributed by atoms with Crippen LogP contribution in [0.2, 0.25) is 0 Å². The van der Waals surface area contributed by atoms with E-state index in [1.54, 1.807) is 0 Å². The quantitative estimate of drug-likeness (QED) is 0.148. The van der Waals surface area contributed by atoms with Crippen LogP contribution < -0.4 is 9.47 Å². The smallest absolute Gasteiger partial charge is 0.335 e. The summed E-state index contributed by atoms with van der Waals surface area (Å²) >= 11 is 0. The van der Waals surface area contributed by atoms with Gasteiger partial charge < -0.3 is 29.9 Å². The number of ether oxygens (including phenoxy) is 2. The Hall–Kier alpha value is -5.90. The Labute approximate surface area is 237 Å². The van der Waals surface area contributed by atoms with Gasteiger partial charge in [0.1, 0.15) is 24.7 Å². The van der Waals surface area contributed by atoms with E-state index in [2.05, 4.69) is 0 Å². The molecule has 0 aliphatic rings. The first-order valence-corrected chi connectivity index (χ1v) is 12.5. The van der Waals surface area contributed by atoms with Gasteiger partial charge >= 0.3 is 23.9 Å². The second-order valence-corrected chi connectivity index (χ2v) is 9.34. The summed E-state index contributed by atoms with van der Waals surface area (Å²) in [5.74, 6) is -4.97. The molecule has 0 aliphatic carbocycles. The maximum Gasteiger partial charge on any atom is 0.335 e. The Morgan fingerprint density at radius 1 is 0.452 bits per heavy atom. The Kier molecular flexibility index (Phi) is 7.44. The fraction of sp³-hybridized carbons (Fsp3) is 0.0625. The highest BCUT2D eigenvalue weighted by Crippen LogP contribution is 2.35. The summed E-state index contributed by atoms with van der Waals surface area (Å²) in [5, 5.41) is 40.8. The van der Waals surface area contributed by atoms with Gasteiger partial charge in [-0.2, -0.15) is 0 Å². The highest BCUT2D eigenvalue weighted by atomic mass is 16.5. The van der Waals surface area contributed by atoms with E-state index < -0.39 is 23.9 Å². The Morgan fingerprint density at radius 2 is 0.714 bits per heavy atom. The minimum atomic E-state index is -1.28. The average Bonchev–Trinajstić information content (AvgIpc) is 2.98. The summed E-state index contributed by atoms with van der Waals surface area (Å²) in [7, 11) is 0. The molecule has 0 aliphatic heterocycles. The van der Waals surface area contributed by atoms with Crippen LogP contribution in [0, 0.1) is 0 Å². The lowest BCUT2D eigenvalue weighted by atomic mass is 9.92. The highest BCUT2D eigenvalue weighted by molar-refractivity contribution is 6.06. The van der Waals surface area contributed by atoms with Crippen LogP contribution in [-0.2, 0) is 13.2 Å². The monoisotopic (exact) mass is 566 g/mol. The third kappa shape index (κ3) is 5.54. The molecule has 0 saturated heterocycles. The van der Waals surface area contributed by atoms with Crippen LogP contribution in [0.1, 0.15) is 52.6 Å². The maximum absolute atomic E-state index is 11.5. The van der Waals surface area contributed by atoms with Crippen LogP contribution in [0.5, 0.6) is 11.5 Å². The minimum Gasteiger partial charge on any atom is -0.489 e. The van der Waals surface area contributed by atoms with Crippen LogP contribution in [-0.4, -0.2) is 44.3 Å². The van der Waals surface area contributed by atoms with E-state index in [0.717, 1.165) is 44.8 Å². The molecule has 0 aromatic heterocycles. The first-order valence-electron chi connectivity index (χ1n) is 12.5. The first-order chi connectivity index (χ1) is 20.1. The van der Waals surface area contributed by atoms with Gasteiger partial charge in [-0.15, -0.1) is 0 Å². The predicted molar refractivity (Wildman–Crippen MR) is 151 cm³/mol. The summed E-state index contributed by atoms with van der Waals surface area (Å²) in [6.07, 6.45) is 0. The fourth-order valence-corrected chi connectivity index (χ4v) is 4.79. The molecule has 0 saturated carbocycles. The van der Waals surface area contributed by atoms with Crippen molar-refractivity contribution in [1.29, 1.82) is 0 Å². The molecule has 10 heteroatoms. The second kappa shape index (κ2) is 11.3. The fourth-order valence-electron chi connectivity index (χ4n) is 4.79. The molecule has 5 aromatic rings. The molecule has 5 aromatic carbocycles. The molecule has 0 radical (unpaired) electrons. The van der Waals surface area contributed by atoms with Gasteiger partial charge in [0.2, 0.25) is 0 Å². The zero-order valence-electron chi connectivity index (χ0n) is 21.7. The van der Waals surface area contributed by atoms with Crippen molar-refractivity contribution < 1.29 is 49.1 Å². The van der Waals surface area contributed by atoms with E-state index in [-0.39, 0.29) is 47.0 Å². The summed E-state index contributed by atoms with van der Waals surface area (Å²) < 4.78 is 11.9. The number of hydrogen-bond donors (Lipinski definition) is 4. The highest BCUT2D eigenvalue weighted by Gasteiger charge is 2.18. The van der Waals surface area contributed by atoms with Crippen LogP contribution in [0.4, 0.5) is 0 Å². The van der Waals surface area contributed by atoms with Gasteiger partial charge in [-0.05, 0) is 57.9 Å². The van der Waals surface area contributed by atoms with Gasteiger partial charge in [-0.3, -0.25) is 0 Å². The molecule has 0 atom stereocenters. The molecule has 0 fully saturated rings. The largest absolute Gasteiger partial charge is 0.489 e. The number of rotatable bonds is 10. The normalized spacial score (nSPS) is 10.9. The van der Waals surface area contributed by atoms with Gasteiger partial charge in [0.25, 0.3) is 0 Å². The summed E-state index contributed by atoms with van der Waals surface area (Å²) in [5.41, 5.74) is 0.665. The van der Waals surface area contributed by atoms with Gasteiger partial charge in [-0.1, -0.05) is 48.5 Å². The number of carboxylic acids is 4. The maximum atomic E-state index is 11.5. The van der Waals surface area contributed by atoms with E-state index >= 15 is 0 Å². The first kappa shape index (κ1) is 27.7. The average molecular weight is 567 g/mol. The van der Waals surface area contributed by atoms with Crippen molar-refractivity contribution >= 4 is 45.4 Å². The molecule has 10 nitrogen and oxygen atoms in total. The molecule has 0 amide bonds. The van der Waals surface area contributed by atoms with Crippen molar-refractivity contribution in [3.8, 4) is 11.5 Å². The topological polar surface area (TPSA) is 168 Å². The number of carboxylic acid groups (broad SMARTS) is 4. The van der Waals surface area contributed by atoms with Crippen molar-refractivity contribution in [2.75, 3.05) is 0 Å². The third-order valence-corrected chi connectivity index (χ3v) is 6.72. The van der Waals surface area contributed by atoms with Crippen molar-refractivity contribution in [3.05, 3.63) is 118 Å². The second-order valence-electron chi connectivity index (χ2n) is 9.34. The number of carbonyl (C=O) groups is 4. The standard InChI is InChI=1S/C32H22O10/c33-29(34)17-9-18(30(35)36)12-21(11-17)41-15-27-23-5-1-2-6-24(23)28(26-8-4-3-7-25(26)27)16-42-22-13-19(31(37)38)10-20(14-22)32(39)40/h1-14H,15-16H2,(H,33,34)(H,35,36)(H,37,38)(H,39,40). The number of aromatic carboxylic acids is 4. The van der Waals surface area contributed by atoms with Crippen molar-refractivity contribution in [3.63, 3.8) is 0 Å². The summed E-state index contributed by atoms with van der Waals surface area (Å²) in [4.78, 5) is 46.2. The number of hydrogen-bond acceptors (Lipinski definition) is 6. The molecule has 0 spiro atoms. The van der Waals surface area contributed by atoms with Gasteiger partial charge in [-0.25, -0.2) is 19.2 Å². The third-order valence-electron chi connectivity index (χ3n) is 6.72. The van der Waals surface area contributed by atoms with Crippen molar-refractivity contribution in [2.45, 2.75) is 13.2 Å². The zero-order chi connectivity index (χ0) is 30.0. The SMILES string of the molecule is O=C(O)c1cc(OCc2c3ccccc3c(COc3cc(C(=O)O)cc(C(=O)O)c3)c3ccccc23)cc(C(=O)O)c1. The lowest BCUT2D eigenvalue weighted by Gasteiger charge is -2.18. The molecule has 0 unspecified atom stereocenters. The lowest BCUT2D eigenvalue weighted by Crippen LogP contribution is -2.06. The molecule has 210 valence electrons. The Morgan fingerprint density at radius 3 is 0.952 bits per heavy atom. The van der Waals surface area contributed by atoms with Gasteiger partial charge in [0, 0.05) is 11.1 Å². The summed E-state index contributed by atoms with van der Waals surface area (Å²) in [6.45, 7) is -0.0140. The van der Waals surface area contributed by atoms with Gasteiger partial charge in [0.05, 0.1) is 22.3 Å².